The minimum absolute atomic E-state index is 0.0712. The Labute approximate surface area is 234 Å². The maximum atomic E-state index is 14.6. The second-order valence-corrected chi connectivity index (χ2v) is 9.58. The highest BCUT2D eigenvalue weighted by atomic mass is 35.5. The number of anilines is 2. The number of aromatic carboxylic acids is 1. The van der Waals surface area contributed by atoms with Crippen molar-refractivity contribution in [1.29, 1.82) is 0 Å². The van der Waals surface area contributed by atoms with Crippen LogP contribution in [0.3, 0.4) is 0 Å². The third kappa shape index (κ3) is 5.13. The third-order valence-corrected chi connectivity index (χ3v) is 7.00. The van der Waals surface area contributed by atoms with Crippen LogP contribution in [0.4, 0.5) is 15.8 Å². The van der Waals surface area contributed by atoms with E-state index in [1.807, 2.05) is 25.1 Å². The number of amides is 2. The van der Waals surface area contributed by atoms with E-state index >= 15 is 0 Å². The number of carboxylic acid groups (broad SMARTS) is 1. The highest BCUT2D eigenvalue weighted by Gasteiger charge is 2.37. The fourth-order valence-corrected chi connectivity index (χ4v) is 5.00. The van der Waals surface area contributed by atoms with Crippen molar-refractivity contribution in [3.8, 4) is 5.69 Å². The van der Waals surface area contributed by atoms with Gasteiger partial charge in [0.25, 0.3) is 11.8 Å². The summed E-state index contributed by atoms with van der Waals surface area (Å²) < 4.78 is 15.8. The number of benzene rings is 3. The van der Waals surface area contributed by atoms with Gasteiger partial charge in [-0.2, -0.15) is 5.10 Å². The molecule has 4 aromatic rings. The summed E-state index contributed by atoms with van der Waals surface area (Å²) in [5.74, 6) is -2.65. The maximum absolute atomic E-state index is 14.6. The van der Waals surface area contributed by atoms with Crippen LogP contribution in [0.25, 0.3) is 5.69 Å². The monoisotopic (exact) mass is 561 g/mol. The fourth-order valence-electron chi connectivity index (χ4n) is 4.83. The molecular formula is C29H25ClFN5O4. The van der Waals surface area contributed by atoms with Gasteiger partial charge in [0.1, 0.15) is 11.7 Å². The highest BCUT2D eigenvalue weighted by molar-refractivity contribution is 6.30. The molecule has 40 heavy (non-hydrogen) atoms. The normalized spacial score (nSPS) is 14.4. The van der Waals surface area contributed by atoms with Crippen molar-refractivity contribution in [3.05, 3.63) is 106 Å². The lowest BCUT2D eigenvalue weighted by atomic mass is 9.90. The molecule has 0 bridgehead atoms. The van der Waals surface area contributed by atoms with E-state index in [1.54, 1.807) is 6.07 Å². The Morgan fingerprint density at radius 3 is 2.55 bits per heavy atom. The van der Waals surface area contributed by atoms with Crippen LogP contribution in [0.5, 0.6) is 0 Å². The lowest BCUT2D eigenvalue weighted by molar-refractivity contribution is -0.121. The molecule has 204 valence electrons. The zero-order valence-corrected chi connectivity index (χ0v) is 22.2. The van der Waals surface area contributed by atoms with E-state index in [4.69, 9.17) is 11.6 Å². The molecular weight excluding hydrogens is 537 g/mol. The van der Waals surface area contributed by atoms with Crippen molar-refractivity contribution in [3.63, 3.8) is 0 Å². The van der Waals surface area contributed by atoms with Crippen molar-refractivity contribution in [1.82, 2.24) is 14.7 Å². The first-order valence-electron chi connectivity index (χ1n) is 12.6. The summed E-state index contributed by atoms with van der Waals surface area (Å²) >= 11 is 5.91. The number of carbonyl (C=O) groups is 3. The summed E-state index contributed by atoms with van der Waals surface area (Å²) in [4.78, 5) is 40.2. The first kappa shape index (κ1) is 26.9. The van der Waals surface area contributed by atoms with Crippen LogP contribution in [-0.4, -0.2) is 50.7 Å². The fraction of sp³-hybridized carbons (Fsp3) is 0.172. The van der Waals surface area contributed by atoms with E-state index in [0.29, 0.717) is 24.2 Å². The van der Waals surface area contributed by atoms with E-state index < -0.39 is 29.6 Å². The number of hydrogen-bond donors (Lipinski definition) is 3. The van der Waals surface area contributed by atoms with Gasteiger partial charge in [-0.05, 0) is 66.9 Å². The van der Waals surface area contributed by atoms with Crippen molar-refractivity contribution in [2.75, 3.05) is 23.7 Å². The van der Waals surface area contributed by atoms with Gasteiger partial charge in [0.15, 0.2) is 5.82 Å². The van der Waals surface area contributed by atoms with Crippen molar-refractivity contribution in [2.24, 2.45) is 0 Å². The average molecular weight is 562 g/mol. The molecule has 1 aliphatic rings. The third-order valence-electron chi connectivity index (χ3n) is 6.70. The van der Waals surface area contributed by atoms with Gasteiger partial charge >= 0.3 is 5.97 Å². The van der Waals surface area contributed by atoms with Gasteiger partial charge in [-0.3, -0.25) is 9.59 Å². The Bertz CT molecular complexity index is 1600. The molecule has 1 unspecified atom stereocenters. The largest absolute Gasteiger partial charge is 0.478 e. The summed E-state index contributed by atoms with van der Waals surface area (Å²) in [7, 11) is 0. The zero-order valence-electron chi connectivity index (χ0n) is 21.4. The number of halogens is 2. The summed E-state index contributed by atoms with van der Waals surface area (Å²) in [6.45, 7) is 2.91. The molecule has 2 amide bonds. The minimum Gasteiger partial charge on any atom is -0.478 e. The Balaban J connectivity index is 1.50. The lowest BCUT2D eigenvalue weighted by Gasteiger charge is -2.37. The van der Waals surface area contributed by atoms with Crippen molar-refractivity contribution < 1.29 is 23.9 Å². The number of carbonyl (C=O) groups excluding carboxylic acids is 2. The molecule has 1 aliphatic heterocycles. The van der Waals surface area contributed by atoms with Gasteiger partial charge in [-0.25, -0.2) is 13.9 Å². The lowest BCUT2D eigenvalue weighted by Crippen LogP contribution is -2.45. The highest BCUT2D eigenvalue weighted by Crippen LogP contribution is 2.36. The van der Waals surface area contributed by atoms with E-state index in [-0.39, 0.29) is 28.4 Å². The topological polar surface area (TPSA) is 117 Å². The van der Waals surface area contributed by atoms with Crippen molar-refractivity contribution >= 4 is 40.8 Å². The smallest absolute Gasteiger partial charge is 0.335 e. The number of aromatic nitrogens is 2. The SMILES string of the molecule is CCNc1cccc2c1CCN(C(=O)c1cnn(-c3cccc(Cl)c3F)c1)C2C(=O)Nc1ccc(C(=O)O)cc1. The van der Waals surface area contributed by atoms with Crippen LogP contribution >= 0.6 is 11.6 Å². The average Bonchev–Trinajstić information content (AvgIpc) is 3.44. The van der Waals surface area contributed by atoms with Gasteiger partial charge in [-0.15, -0.1) is 0 Å². The predicted molar refractivity (Wildman–Crippen MR) is 149 cm³/mol. The molecule has 0 spiro atoms. The molecule has 2 heterocycles. The molecule has 0 saturated carbocycles. The molecule has 0 radical (unpaired) electrons. The molecule has 1 aromatic heterocycles. The second kappa shape index (κ2) is 11.2. The molecule has 1 atom stereocenters. The van der Waals surface area contributed by atoms with E-state index in [9.17, 15) is 23.9 Å². The summed E-state index contributed by atoms with van der Waals surface area (Å²) in [6, 6.07) is 14.9. The Morgan fingerprint density at radius 1 is 1.07 bits per heavy atom. The quantitative estimate of drug-likeness (QED) is 0.286. The molecule has 0 saturated heterocycles. The molecule has 11 heteroatoms. The first-order valence-corrected chi connectivity index (χ1v) is 13.0. The standard InChI is InChI=1S/C29H25ClFN5O4/c1-2-32-23-7-3-5-21-20(23)13-14-35(26(21)27(37)34-19-11-9-17(10-12-19)29(39)40)28(38)18-15-33-36(16-18)24-8-4-6-22(30)25(24)31/h3-12,15-16,26,32H,2,13-14H2,1H3,(H,34,37)(H,39,40). The number of nitrogens with one attached hydrogen (secondary N) is 2. The van der Waals surface area contributed by atoms with Crippen LogP contribution in [-0.2, 0) is 11.2 Å². The van der Waals surface area contributed by atoms with Gasteiger partial charge < -0.3 is 20.6 Å². The second-order valence-electron chi connectivity index (χ2n) is 9.17. The van der Waals surface area contributed by atoms with Gasteiger partial charge in [-0.1, -0.05) is 29.8 Å². The number of nitrogens with zero attached hydrogens (tertiary/aromatic N) is 3. The van der Waals surface area contributed by atoms with Gasteiger partial charge in [0, 0.05) is 30.7 Å². The number of carboxylic acids is 1. The van der Waals surface area contributed by atoms with E-state index in [1.165, 1.54) is 58.4 Å². The van der Waals surface area contributed by atoms with Gasteiger partial charge in [0.05, 0.1) is 22.3 Å². The minimum atomic E-state index is -1.08. The van der Waals surface area contributed by atoms with Crippen LogP contribution in [0, 0.1) is 5.82 Å². The number of hydrogen-bond acceptors (Lipinski definition) is 5. The number of rotatable bonds is 7. The maximum Gasteiger partial charge on any atom is 0.335 e. The number of fused-ring (bicyclic) bond motifs is 1. The first-order chi connectivity index (χ1) is 19.3. The Morgan fingerprint density at radius 2 is 1.82 bits per heavy atom. The Hall–Kier alpha value is -4.70. The van der Waals surface area contributed by atoms with Crippen LogP contribution in [0.15, 0.2) is 73.1 Å². The molecule has 9 nitrogen and oxygen atoms in total. The van der Waals surface area contributed by atoms with Crippen LogP contribution in [0.1, 0.15) is 44.8 Å². The van der Waals surface area contributed by atoms with Crippen molar-refractivity contribution in [2.45, 2.75) is 19.4 Å². The molecule has 5 rings (SSSR count). The van der Waals surface area contributed by atoms with Crippen LogP contribution < -0.4 is 10.6 Å². The Kier molecular flexibility index (Phi) is 7.52. The van der Waals surface area contributed by atoms with Crippen LogP contribution in [0.2, 0.25) is 5.02 Å². The zero-order chi connectivity index (χ0) is 28.4. The van der Waals surface area contributed by atoms with E-state index in [2.05, 4.69) is 15.7 Å². The van der Waals surface area contributed by atoms with Gasteiger partial charge in [0.2, 0.25) is 0 Å². The molecule has 3 N–H and O–H groups in total. The summed E-state index contributed by atoms with van der Waals surface area (Å²) in [6.07, 6.45) is 3.24. The predicted octanol–water partition coefficient (Wildman–Crippen LogP) is 5.17. The summed E-state index contributed by atoms with van der Waals surface area (Å²) in [5, 5.41) is 19.4. The summed E-state index contributed by atoms with van der Waals surface area (Å²) in [5.41, 5.74) is 3.24. The van der Waals surface area contributed by atoms with E-state index in [0.717, 1.165) is 11.3 Å². The molecule has 3 aromatic carbocycles. The molecule has 0 fully saturated rings. The molecule has 0 aliphatic carbocycles.